The number of benzene rings is 1. The highest BCUT2D eigenvalue weighted by Crippen LogP contribution is 2.46. The Balaban J connectivity index is 1.63. The van der Waals surface area contributed by atoms with Crippen molar-refractivity contribution in [1.29, 1.82) is 0 Å². The van der Waals surface area contributed by atoms with Gasteiger partial charge in [0.25, 0.3) is 5.91 Å². The molecule has 1 aliphatic heterocycles. The van der Waals surface area contributed by atoms with Gasteiger partial charge in [-0.25, -0.2) is 4.79 Å². The van der Waals surface area contributed by atoms with E-state index in [0.717, 1.165) is 11.3 Å². The summed E-state index contributed by atoms with van der Waals surface area (Å²) in [6.45, 7) is 6.35. The third-order valence-electron chi connectivity index (χ3n) is 5.20. The molecule has 1 aromatic rings. The van der Waals surface area contributed by atoms with Crippen molar-refractivity contribution in [1.82, 2.24) is 10.2 Å². The van der Waals surface area contributed by atoms with E-state index in [1.54, 1.807) is 12.1 Å². The molecular weight excluding hydrogens is 332 g/mol. The first-order chi connectivity index (χ1) is 12.2. The van der Waals surface area contributed by atoms with E-state index in [0.29, 0.717) is 24.5 Å². The average molecular weight is 360 g/mol. The minimum Gasteiger partial charge on any atom is -0.491 e. The normalized spacial score (nSPS) is 28.9. The van der Waals surface area contributed by atoms with E-state index in [1.807, 2.05) is 18.2 Å². The number of urea groups is 1. The topological polar surface area (TPSA) is 78.9 Å². The molecule has 0 aromatic heterocycles. The molecule has 26 heavy (non-hydrogen) atoms. The molecule has 2 N–H and O–H groups in total. The number of para-hydroxylation sites is 1. The van der Waals surface area contributed by atoms with Crippen LogP contribution in [-0.2, 0) is 4.79 Å². The number of nitrogens with zero attached hydrogens (tertiary/aromatic N) is 1. The van der Waals surface area contributed by atoms with Gasteiger partial charge in [-0.05, 0) is 42.7 Å². The summed E-state index contributed by atoms with van der Waals surface area (Å²) in [6.07, 6.45) is 1.37. The Morgan fingerprint density at radius 1 is 1.27 bits per heavy atom. The van der Waals surface area contributed by atoms with Crippen LogP contribution in [0.2, 0.25) is 0 Å². The van der Waals surface area contributed by atoms with E-state index in [1.165, 1.54) is 0 Å². The monoisotopic (exact) mass is 360 g/mol. The molecule has 1 aliphatic carbocycles. The van der Waals surface area contributed by atoms with E-state index in [2.05, 4.69) is 26.1 Å². The largest absolute Gasteiger partial charge is 0.491 e. The SMILES string of the molecule is CC1CC(C)(C)CC2(C1)NC(=O)N(CC(O)COc1ccccc1)C2=O. The maximum absolute atomic E-state index is 13.0. The zero-order valence-electron chi connectivity index (χ0n) is 15.7. The summed E-state index contributed by atoms with van der Waals surface area (Å²) in [5, 5.41) is 13.2. The van der Waals surface area contributed by atoms with Gasteiger partial charge in [-0.3, -0.25) is 9.69 Å². The Labute approximate surface area is 154 Å². The lowest BCUT2D eigenvalue weighted by Crippen LogP contribution is -2.54. The number of aliphatic hydroxyl groups is 1. The summed E-state index contributed by atoms with van der Waals surface area (Å²) in [6, 6.07) is 8.73. The van der Waals surface area contributed by atoms with Gasteiger partial charge in [0.2, 0.25) is 0 Å². The van der Waals surface area contributed by atoms with Crippen LogP contribution in [0.4, 0.5) is 4.79 Å². The number of imide groups is 1. The fraction of sp³-hybridized carbons (Fsp3) is 0.600. The fourth-order valence-electron chi connectivity index (χ4n) is 4.64. The molecule has 6 nitrogen and oxygen atoms in total. The van der Waals surface area contributed by atoms with Crippen LogP contribution in [0.1, 0.15) is 40.0 Å². The van der Waals surface area contributed by atoms with Crippen LogP contribution in [0, 0.1) is 11.3 Å². The highest BCUT2D eigenvalue weighted by molar-refractivity contribution is 6.07. The summed E-state index contributed by atoms with van der Waals surface area (Å²) in [7, 11) is 0. The molecule has 1 aromatic carbocycles. The molecule has 2 fully saturated rings. The number of nitrogens with one attached hydrogen (secondary N) is 1. The van der Waals surface area contributed by atoms with Crippen molar-refractivity contribution >= 4 is 11.9 Å². The molecule has 3 rings (SSSR count). The number of carbonyl (C=O) groups is 2. The number of β-amino-alcohol motifs (C(OH)–C–C–N with tert-alkyl or cyclic N) is 1. The Bertz CT molecular complexity index is 676. The second-order valence-corrected chi connectivity index (χ2v) is 8.56. The molecule has 3 unspecified atom stereocenters. The third kappa shape index (κ3) is 3.85. The maximum Gasteiger partial charge on any atom is 0.325 e. The number of amides is 3. The highest BCUT2D eigenvalue weighted by atomic mass is 16.5. The molecule has 1 saturated heterocycles. The van der Waals surface area contributed by atoms with E-state index < -0.39 is 17.7 Å². The van der Waals surface area contributed by atoms with Crippen LogP contribution in [0.15, 0.2) is 30.3 Å². The summed E-state index contributed by atoms with van der Waals surface area (Å²) >= 11 is 0. The molecule has 1 heterocycles. The van der Waals surface area contributed by atoms with Gasteiger partial charge in [0.15, 0.2) is 0 Å². The third-order valence-corrected chi connectivity index (χ3v) is 5.20. The van der Waals surface area contributed by atoms with Crippen molar-refractivity contribution in [2.45, 2.75) is 51.7 Å². The van der Waals surface area contributed by atoms with Crippen molar-refractivity contribution < 1.29 is 19.4 Å². The van der Waals surface area contributed by atoms with Crippen molar-refractivity contribution in [3.05, 3.63) is 30.3 Å². The number of hydrogen-bond donors (Lipinski definition) is 2. The van der Waals surface area contributed by atoms with Crippen LogP contribution in [-0.4, -0.2) is 46.7 Å². The van der Waals surface area contributed by atoms with Crippen molar-refractivity contribution in [2.24, 2.45) is 11.3 Å². The van der Waals surface area contributed by atoms with E-state index in [4.69, 9.17) is 4.74 Å². The Kier molecular flexibility index (Phi) is 4.97. The van der Waals surface area contributed by atoms with Crippen LogP contribution >= 0.6 is 0 Å². The Morgan fingerprint density at radius 2 is 1.96 bits per heavy atom. The molecule has 2 aliphatic rings. The van der Waals surface area contributed by atoms with Gasteiger partial charge in [0.1, 0.15) is 24.0 Å². The van der Waals surface area contributed by atoms with Gasteiger partial charge in [0, 0.05) is 0 Å². The van der Waals surface area contributed by atoms with Gasteiger partial charge in [0.05, 0.1) is 6.54 Å². The lowest BCUT2D eigenvalue weighted by Gasteiger charge is -2.43. The summed E-state index contributed by atoms with van der Waals surface area (Å²) in [4.78, 5) is 26.6. The summed E-state index contributed by atoms with van der Waals surface area (Å²) < 4.78 is 5.52. The predicted molar refractivity (Wildman–Crippen MR) is 97.7 cm³/mol. The van der Waals surface area contributed by atoms with Crippen LogP contribution in [0.25, 0.3) is 0 Å². The zero-order valence-corrected chi connectivity index (χ0v) is 15.7. The van der Waals surface area contributed by atoms with E-state index in [-0.39, 0.29) is 24.5 Å². The smallest absolute Gasteiger partial charge is 0.325 e. The van der Waals surface area contributed by atoms with Crippen LogP contribution in [0.5, 0.6) is 5.75 Å². The van der Waals surface area contributed by atoms with Gasteiger partial charge in [-0.1, -0.05) is 39.0 Å². The predicted octanol–water partition coefficient (Wildman–Crippen LogP) is 2.56. The lowest BCUT2D eigenvalue weighted by atomic mass is 9.64. The number of hydrogen-bond acceptors (Lipinski definition) is 4. The quantitative estimate of drug-likeness (QED) is 0.791. The highest BCUT2D eigenvalue weighted by Gasteiger charge is 2.56. The number of carbonyl (C=O) groups excluding carboxylic acids is 2. The van der Waals surface area contributed by atoms with Crippen molar-refractivity contribution in [3.8, 4) is 5.75 Å². The first kappa shape index (κ1) is 18.7. The van der Waals surface area contributed by atoms with Gasteiger partial charge in [-0.2, -0.15) is 0 Å². The lowest BCUT2D eigenvalue weighted by molar-refractivity contribution is -0.135. The van der Waals surface area contributed by atoms with Crippen LogP contribution in [0.3, 0.4) is 0 Å². The molecule has 142 valence electrons. The van der Waals surface area contributed by atoms with Crippen molar-refractivity contribution in [2.75, 3.05) is 13.2 Å². The van der Waals surface area contributed by atoms with E-state index >= 15 is 0 Å². The molecule has 3 atom stereocenters. The van der Waals surface area contributed by atoms with E-state index in [9.17, 15) is 14.7 Å². The molecule has 0 radical (unpaired) electrons. The first-order valence-electron chi connectivity index (χ1n) is 9.21. The minimum absolute atomic E-state index is 0.00828. The second-order valence-electron chi connectivity index (χ2n) is 8.56. The standard InChI is InChI=1S/C20H28N2O4/c1-14-9-19(2,3)13-20(10-14)17(24)22(18(25)21-20)11-15(23)12-26-16-7-5-4-6-8-16/h4-8,14-15,23H,9-13H2,1-3H3,(H,21,25). The number of rotatable bonds is 5. The molecular formula is C20H28N2O4. The minimum atomic E-state index is -0.936. The zero-order chi connectivity index (χ0) is 18.9. The second kappa shape index (κ2) is 6.91. The Morgan fingerprint density at radius 3 is 2.62 bits per heavy atom. The molecule has 6 heteroatoms. The molecule has 1 spiro atoms. The number of aliphatic hydroxyl groups excluding tert-OH is 1. The maximum atomic E-state index is 13.0. The first-order valence-corrected chi connectivity index (χ1v) is 9.21. The van der Waals surface area contributed by atoms with Gasteiger partial charge >= 0.3 is 6.03 Å². The molecule has 3 amide bonds. The van der Waals surface area contributed by atoms with Gasteiger partial charge in [-0.15, -0.1) is 0 Å². The summed E-state index contributed by atoms with van der Waals surface area (Å²) in [5.74, 6) is 0.776. The fourth-order valence-corrected chi connectivity index (χ4v) is 4.64. The van der Waals surface area contributed by atoms with Crippen molar-refractivity contribution in [3.63, 3.8) is 0 Å². The average Bonchev–Trinajstić information content (AvgIpc) is 2.75. The molecule has 0 bridgehead atoms. The molecule has 1 saturated carbocycles. The Hall–Kier alpha value is -2.08. The summed E-state index contributed by atoms with van der Waals surface area (Å²) in [5.41, 5.74) is -0.843. The van der Waals surface area contributed by atoms with Gasteiger partial charge < -0.3 is 15.2 Å². The van der Waals surface area contributed by atoms with Crippen LogP contribution < -0.4 is 10.1 Å². The number of ether oxygens (including phenoxy) is 1.